The van der Waals surface area contributed by atoms with E-state index in [0.717, 1.165) is 37.3 Å². The van der Waals surface area contributed by atoms with Crippen LogP contribution in [-0.4, -0.2) is 44.2 Å². The Morgan fingerprint density at radius 3 is 2.44 bits per heavy atom. The number of hydrogen-bond acceptors (Lipinski definition) is 5. The fourth-order valence-electron chi connectivity index (χ4n) is 3.55. The van der Waals surface area contributed by atoms with Gasteiger partial charge in [-0.1, -0.05) is 24.3 Å². The summed E-state index contributed by atoms with van der Waals surface area (Å²) in [6.07, 6.45) is -4.70. The number of rotatable bonds is 4. The van der Waals surface area contributed by atoms with Gasteiger partial charge in [-0.05, 0) is 23.8 Å². The van der Waals surface area contributed by atoms with E-state index in [1.165, 1.54) is 12.1 Å². The number of alkyl halides is 3. The molecular formula is C19H19F3N2O3. The van der Waals surface area contributed by atoms with Gasteiger partial charge in [-0.2, -0.15) is 0 Å². The molecule has 0 spiro atoms. The number of nitrogens with one attached hydrogen (secondary N) is 1. The number of ether oxygens (including phenoxy) is 3. The van der Waals surface area contributed by atoms with Gasteiger partial charge in [-0.15, -0.1) is 13.2 Å². The van der Waals surface area contributed by atoms with Gasteiger partial charge < -0.3 is 19.5 Å². The molecule has 8 heteroatoms. The first-order valence-electron chi connectivity index (χ1n) is 8.70. The second kappa shape index (κ2) is 7.28. The Kier molecular flexibility index (Phi) is 4.84. The average Bonchev–Trinajstić information content (AvgIpc) is 3.13. The van der Waals surface area contributed by atoms with E-state index < -0.39 is 6.36 Å². The van der Waals surface area contributed by atoms with Crippen LogP contribution in [0.5, 0.6) is 17.2 Å². The minimum absolute atomic E-state index is 0.149. The van der Waals surface area contributed by atoms with Crippen molar-refractivity contribution < 1.29 is 27.4 Å². The van der Waals surface area contributed by atoms with Crippen LogP contribution in [-0.2, 0) is 0 Å². The molecule has 1 saturated heterocycles. The summed E-state index contributed by atoms with van der Waals surface area (Å²) >= 11 is 0. The summed E-state index contributed by atoms with van der Waals surface area (Å²) in [4.78, 5) is 2.29. The molecule has 0 saturated carbocycles. The van der Waals surface area contributed by atoms with Crippen molar-refractivity contribution in [3.63, 3.8) is 0 Å². The number of piperazine rings is 1. The third-order valence-electron chi connectivity index (χ3n) is 4.67. The fraction of sp³-hybridized carbons (Fsp3) is 0.368. The van der Waals surface area contributed by atoms with Crippen molar-refractivity contribution in [2.75, 3.05) is 33.0 Å². The van der Waals surface area contributed by atoms with Gasteiger partial charge in [0.1, 0.15) is 5.75 Å². The van der Waals surface area contributed by atoms with Crippen molar-refractivity contribution in [3.05, 3.63) is 53.6 Å². The molecule has 0 aromatic heterocycles. The molecule has 144 valence electrons. The maximum Gasteiger partial charge on any atom is 0.573 e. The minimum Gasteiger partial charge on any atom is -0.454 e. The molecule has 5 nitrogen and oxygen atoms in total. The van der Waals surface area contributed by atoms with E-state index in [2.05, 4.69) is 15.0 Å². The Hall–Kier alpha value is -2.45. The van der Waals surface area contributed by atoms with E-state index in [0.29, 0.717) is 11.5 Å². The van der Waals surface area contributed by atoms with Crippen LogP contribution in [0, 0.1) is 0 Å². The predicted molar refractivity (Wildman–Crippen MR) is 92.0 cm³/mol. The number of halogens is 3. The van der Waals surface area contributed by atoms with E-state index >= 15 is 0 Å². The maximum atomic E-state index is 12.4. The molecule has 2 aliphatic rings. The van der Waals surface area contributed by atoms with E-state index in [9.17, 15) is 13.2 Å². The number of nitrogens with zero attached hydrogens (tertiary/aromatic N) is 1. The van der Waals surface area contributed by atoms with Gasteiger partial charge in [0.2, 0.25) is 6.79 Å². The third-order valence-corrected chi connectivity index (χ3v) is 4.67. The third kappa shape index (κ3) is 3.96. The summed E-state index contributed by atoms with van der Waals surface area (Å²) < 4.78 is 52.5. The summed E-state index contributed by atoms with van der Waals surface area (Å²) in [5, 5.41) is 3.32. The van der Waals surface area contributed by atoms with Gasteiger partial charge in [0.25, 0.3) is 0 Å². The molecule has 0 radical (unpaired) electrons. The van der Waals surface area contributed by atoms with E-state index in [1.54, 1.807) is 12.1 Å². The molecule has 0 amide bonds. The van der Waals surface area contributed by atoms with Gasteiger partial charge in [0.15, 0.2) is 11.5 Å². The first-order chi connectivity index (χ1) is 13.0. The molecular weight excluding hydrogens is 361 g/mol. The number of benzene rings is 2. The quantitative estimate of drug-likeness (QED) is 0.882. The SMILES string of the molecule is FC(F)(F)Oc1ccc([C@H](c2cccc3c2OCO3)N2CCNCC2)cc1. The van der Waals surface area contributed by atoms with Gasteiger partial charge in [-0.3, -0.25) is 4.90 Å². The van der Waals surface area contributed by atoms with E-state index in [1.807, 2.05) is 18.2 Å². The molecule has 1 atom stereocenters. The number of para-hydroxylation sites is 1. The zero-order chi connectivity index (χ0) is 18.9. The minimum atomic E-state index is -4.70. The molecule has 0 unspecified atom stereocenters. The molecule has 1 fully saturated rings. The van der Waals surface area contributed by atoms with E-state index in [4.69, 9.17) is 9.47 Å². The van der Waals surface area contributed by atoms with Crippen molar-refractivity contribution in [1.82, 2.24) is 10.2 Å². The molecule has 2 heterocycles. The molecule has 0 bridgehead atoms. The molecule has 4 rings (SSSR count). The van der Waals surface area contributed by atoms with Crippen LogP contribution in [0.1, 0.15) is 17.2 Å². The van der Waals surface area contributed by atoms with Crippen molar-refractivity contribution in [3.8, 4) is 17.2 Å². The van der Waals surface area contributed by atoms with Crippen molar-refractivity contribution in [2.45, 2.75) is 12.4 Å². The molecule has 1 N–H and O–H groups in total. The second-order valence-electron chi connectivity index (χ2n) is 6.39. The first kappa shape index (κ1) is 17.9. The van der Waals surface area contributed by atoms with Crippen molar-refractivity contribution >= 4 is 0 Å². The first-order valence-corrected chi connectivity index (χ1v) is 8.70. The summed E-state index contributed by atoms with van der Waals surface area (Å²) in [6, 6.07) is 11.6. The summed E-state index contributed by atoms with van der Waals surface area (Å²) in [5.74, 6) is 1.14. The van der Waals surface area contributed by atoms with Gasteiger partial charge in [0.05, 0.1) is 6.04 Å². The average molecular weight is 380 g/mol. The lowest BCUT2D eigenvalue weighted by Crippen LogP contribution is -2.45. The summed E-state index contributed by atoms with van der Waals surface area (Å²) in [7, 11) is 0. The van der Waals surface area contributed by atoms with Crippen molar-refractivity contribution in [2.24, 2.45) is 0 Å². The highest BCUT2D eigenvalue weighted by Gasteiger charge is 2.32. The van der Waals surface area contributed by atoms with Crippen LogP contribution in [0.3, 0.4) is 0 Å². The smallest absolute Gasteiger partial charge is 0.454 e. The highest BCUT2D eigenvalue weighted by Crippen LogP contribution is 2.43. The summed E-state index contributed by atoms with van der Waals surface area (Å²) in [6.45, 7) is 3.49. The highest BCUT2D eigenvalue weighted by atomic mass is 19.4. The molecule has 27 heavy (non-hydrogen) atoms. The normalized spacial score (nSPS) is 18.3. The maximum absolute atomic E-state index is 12.4. The molecule has 0 aliphatic carbocycles. The van der Waals surface area contributed by atoms with Gasteiger partial charge >= 0.3 is 6.36 Å². The van der Waals surface area contributed by atoms with Crippen LogP contribution >= 0.6 is 0 Å². The predicted octanol–water partition coefficient (Wildman–Crippen LogP) is 3.31. The Morgan fingerprint density at radius 2 is 1.74 bits per heavy atom. The number of fused-ring (bicyclic) bond motifs is 1. The van der Waals surface area contributed by atoms with Gasteiger partial charge in [0, 0.05) is 31.7 Å². The topological polar surface area (TPSA) is 43.0 Å². The van der Waals surface area contributed by atoms with Crippen LogP contribution in [0.25, 0.3) is 0 Å². The molecule has 2 aromatic rings. The largest absolute Gasteiger partial charge is 0.573 e. The Labute approximate surface area is 154 Å². The monoisotopic (exact) mass is 380 g/mol. The van der Waals surface area contributed by atoms with Crippen LogP contribution in [0.15, 0.2) is 42.5 Å². The lowest BCUT2D eigenvalue weighted by molar-refractivity contribution is -0.274. The molecule has 2 aliphatic heterocycles. The summed E-state index contributed by atoms with van der Waals surface area (Å²) in [5.41, 5.74) is 1.81. The fourth-order valence-corrected chi connectivity index (χ4v) is 3.55. The Bertz CT molecular complexity index is 790. The van der Waals surface area contributed by atoms with Crippen LogP contribution in [0.2, 0.25) is 0 Å². The van der Waals surface area contributed by atoms with Crippen molar-refractivity contribution in [1.29, 1.82) is 0 Å². The zero-order valence-corrected chi connectivity index (χ0v) is 14.5. The standard InChI is InChI=1S/C19H19F3N2O3/c20-19(21,22)27-14-6-4-13(5-7-14)17(24-10-8-23-9-11-24)15-2-1-3-16-18(15)26-12-25-16/h1-7,17,23H,8-12H2/t17-/m1/s1. The molecule has 2 aromatic carbocycles. The van der Waals surface area contributed by atoms with E-state index in [-0.39, 0.29) is 18.6 Å². The zero-order valence-electron chi connectivity index (χ0n) is 14.5. The Morgan fingerprint density at radius 1 is 1.00 bits per heavy atom. The lowest BCUT2D eigenvalue weighted by Gasteiger charge is -2.36. The van der Waals surface area contributed by atoms with Crippen LogP contribution in [0.4, 0.5) is 13.2 Å². The second-order valence-corrected chi connectivity index (χ2v) is 6.39. The van der Waals surface area contributed by atoms with Gasteiger partial charge in [-0.25, -0.2) is 0 Å². The van der Waals surface area contributed by atoms with Crippen LogP contribution < -0.4 is 19.5 Å². The highest BCUT2D eigenvalue weighted by molar-refractivity contribution is 5.52. The Balaban J connectivity index is 1.70. The number of hydrogen-bond donors (Lipinski definition) is 1. The lowest BCUT2D eigenvalue weighted by atomic mass is 9.95.